The number of phenols is 1. The predicted molar refractivity (Wildman–Crippen MR) is 53.4 cm³/mol. The van der Waals surface area contributed by atoms with Gasteiger partial charge in [-0.2, -0.15) is 0 Å². The van der Waals surface area contributed by atoms with Crippen molar-refractivity contribution in [3.05, 3.63) is 29.3 Å². The molecule has 0 spiro atoms. The van der Waals surface area contributed by atoms with E-state index >= 15 is 0 Å². The molecule has 0 bridgehead atoms. The van der Waals surface area contributed by atoms with E-state index in [4.69, 9.17) is 10.8 Å². The van der Waals surface area contributed by atoms with Crippen LogP contribution in [0.4, 0.5) is 8.78 Å². The number of aromatic hydroxyl groups is 1. The lowest BCUT2D eigenvalue weighted by Gasteiger charge is -2.05. The summed E-state index contributed by atoms with van der Waals surface area (Å²) in [6.07, 6.45) is 0.809. The van der Waals surface area contributed by atoms with Gasteiger partial charge in [-0.3, -0.25) is 0 Å². The Labute approximate surface area is 86.9 Å². The smallest absolute Gasteiger partial charge is 0.187 e. The monoisotopic (exact) mass is 216 g/mol. The summed E-state index contributed by atoms with van der Waals surface area (Å²) in [6.45, 7) is 1.63. The van der Waals surface area contributed by atoms with Crippen molar-refractivity contribution >= 4 is 0 Å². The van der Waals surface area contributed by atoms with Gasteiger partial charge in [-0.1, -0.05) is 0 Å². The Morgan fingerprint density at radius 3 is 2.40 bits per heavy atom. The van der Waals surface area contributed by atoms with E-state index in [9.17, 15) is 8.78 Å². The van der Waals surface area contributed by atoms with Crippen LogP contribution in [0.15, 0.2) is 12.1 Å². The van der Waals surface area contributed by atoms with Crippen LogP contribution in [-0.2, 0) is 6.54 Å². The zero-order valence-electron chi connectivity index (χ0n) is 8.26. The minimum atomic E-state index is -0.939. The van der Waals surface area contributed by atoms with E-state index in [0.717, 1.165) is 18.6 Å². The standard InChI is InChI=1S/C10H14F2N2O/c11-8-4-7(5-9(12)10(8)15)6-14-3-1-2-13/h4-5,14-15H,1-3,6,13H2. The summed E-state index contributed by atoms with van der Waals surface area (Å²) in [5.41, 5.74) is 5.74. The molecule has 0 aliphatic carbocycles. The van der Waals surface area contributed by atoms with Gasteiger partial charge in [0.2, 0.25) is 0 Å². The van der Waals surface area contributed by atoms with E-state index in [0.29, 0.717) is 25.2 Å². The largest absolute Gasteiger partial charge is 0.503 e. The van der Waals surface area contributed by atoms with Gasteiger partial charge in [0.05, 0.1) is 0 Å². The van der Waals surface area contributed by atoms with Crippen molar-refractivity contribution in [3.63, 3.8) is 0 Å². The number of hydrogen-bond acceptors (Lipinski definition) is 3. The highest BCUT2D eigenvalue weighted by Crippen LogP contribution is 2.21. The topological polar surface area (TPSA) is 58.3 Å². The highest BCUT2D eigenvalue weighted by Gasteiger charge is 2.08. The first-order chi connectivity index (χ1) is 7.15. The molecular formula is C10H14F2N2O. The Hall–Kier alpha value is -1.20. The van der Waals surface area contributed by atoms with Gasteiger partial charge in [-0.05, 0) is 37.2 Å². The molecule has 0 aliphatic heterocycles. The number of benzene rings is 1. The summed E-state index contributed by atoms with van der Waals surface area (Å²) in [7, 11) is 0. The molecule has 0 aliphatic rings. The number of phenolic OH excluding ortho intramolecular Hbond substituents is 1. The molecule has 15 heavy (non-hydrogen) atoms. The maximum atomic E-state index is 12.9. The van der Waals surface area contributed by atoms with Crippen molar-refractivity contribution in [2.45, 2.75) is 13.0 Å². The zero-order chi connectivity index (χ0) is 11.3. The third-order valence-corrected chi connectivity index (χ3v) is 1.96. The molecule has 0 fully saturated rings. The third-order valence-electron chi connectivity index (χ3n) is 1.96. The van der Waals surface area contributed by atoms with Gasteiger partial charge in [-0.15, -0.1) is 0 Å². The van der Waals surface area contributed by atoms with Crippen molar-refractivity contribution in [1.29, 1.82) is 0 Å². The molecule has 3 nitrogen and oxygen atoms in total. The molecule has 4 N–H and O–H groups in total. The number of nitrogens with two attached hydrogens (primary N) is 1. The summed E-state index contributed by atoms with van der Waals surface area (Å²) < 4.78 is 25.8. The molecular weight excluding hydrogens is 202 g/mol. The fraction of sp³-hybridized carbons (Fsp3) is 0.400. The Balaban J connectivity index is 2.55. The Morgan fingerprint density at radius 1 is 1.27 bits per heavy atom. The van der Waals surface area contributed by atoms with Crippen LogP contribution in [-0.4, -0.2) is 18.2 Å². The Kier molecular flexibility index (Phi) is 4.45. The summed E-state index contributed by atoms with van der Waals surface area (Å²) in [6, 6.07) is 2.21. The average molecular weight is 216 g/mol. The first-order valence-corrected chi connectivity index (χ1v) is 4.73. The number of halogens is 2. The van der Waals surface area contributed by atoms with Gasteiger partial charge in [-0.25, -0.2) is 8.78 Å². The van der Waals surface area contributed by atoms with Gasteiger partial charge in [0.1, 0.15) is 0 Å². The van der Waals surface area contributed by atoms with Crippen molar-refractivity contribution in [3.8, 4) is 5.75 Å². The fourth-order valence-corrected chi connectivity index (χ4v) is 1.18. The number of rotatable bonds is 5. The third kappa shape index (κ3) is 3.45. The van der Waals surface area contributed by atoms with E-state index in [1.807, 2.05) is 0 Å². The van der Waals surface area contributed by atoms with Crippen molar-refractivity contribution < 1.29 is 13.9 Å². The predicted octanol–water partition coefficient (Wildman–Crippen LogP) is 1.11. The lowest BCUT2D eigenvalue weighted by atomic mass is 10.2. The zero-order valence-corrected chi connectivity index (χ0v) is 8.26. The molecule has 1 rings (SSSR count). The molecule has 0 saturated carbocycles. The van der Waals surface area contributed by atoms with Crippen LogP contribution < -0.4 is 11.1 Å². The molecule has 1 aromatic carbocycles. The molecule has 0 unspecified atom stereocenters. The molecule has 84 valence electrons. The molecule has 0 heterocycles. The second kappa shape index (κ2) is 5.63. The summed E-state index contributed by atoms with van der Waals surface area (Å²) in [5.74, 6) is -2.81. The second-order valence-electron chi connectivity index (χ2n) is 3.23. The highest BCUT2D eigenvalue weighted by atomic mass is 19.1. The first kappa shape index (κ1) is 11.9. The van der Waals surface area contributed by atoms with Gasteiger partial charge in [0.25, 0.3) is 0 Å². The minimum absolute atomic E-state index is 0.355. The fourth-order valence-electron chi connectivity index (χ4n) is 1.18. The lowest BCUT2D eigenvalue weighted by molar-refractivity contribution is 0.395. The van der Waals surface area contributed by atoms with Crippen LogP contribution in [0, 0.1) is 11.6 Å². The van der Waals surface area contributed by atoms with Gasteiger partial charge < -0.3 is 16.2 Å². The van der Waals surface area contributed by atoms with E-state index < -0.39 is 17.4 Å². The van der Waals surface area contributed by atoms with E-state index in [1.54, 1.807) is 0 Å². The Bertz CT molecular complexity index is 308. The maximum absolute atomic E-state index is 12.9. The molecule has 0 atom stereocenters. The van der Waals surface area contributed by atoms with Crippen LogP contribution >= 0.6 is 0 Å². The molecule has 5 heteroatoms. The summed E-state index contributed by atoms with van der Waals surface area (Å²) >= 11 is 0. The van der Waals surface area contributed by atoms with E-state index in [-0.39, 0.29) is 0 Å². The van der Waals surface area contributed by atoms with Crippen molar-refractivity contribution in [2.75, 3.05) is 13.1 Å². The quantitative estimate of drug-likeness (QED) is 0.646. The average Bonchev–Trinajstić information content (AvgIpc) is 2.21. The van der Waals surface area contributed by atoms with E-state index in [2.05, 4.69) is 5.32 Å². The van der Waals surface area contributed by atoms with Crippen molar-refractivity contribution in [2.24, 2.45) is 5.73 Å². The minimum Gasteiger partial charge on any atom is -0.503 e. The summed E-state index contributed by atoms with van der Waals surface area (Å²) in [4.78, 5) is 0. The molecule has 0 radical (unpaired) electrons. The van der Waals surface area contributed by atoms with Gasteiger partial charge in [0.15, 0.2) is 17.4 Å². The number of hydrogen-bond donors (Lipinski definition) is 3. The van der Waals surface area contributed by atoms with Gasteiger partial charge in [0, 0.05) is 6.54 Å². The summed E-state index contributed by atoms with van der Waals surface area (Å²) in [5, 5.41) is 11.8. The maximum Gasteiger partial charge on any atom is 0.187 e. The Morgan fingerprint density at radius 2 is 1.87 bits per heavy atom. The van der Waals surface area contributed by atoms with Crippen LogP contribution in [0.3, 0.4) is 0 Å². The normalized spacial score (nSPS) is 10.6. The second-order valence-corrected chi connectivity index (χ2v) is 3.23. The lowest BCUT2D eigenvalue weighted by Crippen LogP contribution is -2.17. The van der Waals surface area contributed by atoms with Crippen LogP contribution in [0.25, 0.3) is 0 Å². The van der Waals surface area contributed by atoms with E-state index in [1.165, 1.54) is 0 Å². The highest BCUT2D eigenvalue weighted by molar-refractivity contribution is 5.29. The van der Waals surface area contributed by atoms with Crippen molar-refractivity contribution in [1.82, 2.24) is 5.32 Å². The molecule has 0 amide bonds. The first-order valence-electron chi connectivity index (χ1n) is 4.73. The molecule has 1 aromatic rings. The molecule has 0 saturated heterocycles. The van der Waals surface area contributed by atoms with Crippen LogP contribution in [0.1, 0.15) is 12.0 Å². The molecule has 0 aromatic heterocycles. The van der Waals surface area contributed by atoms with Crippen LogP contribution in [0.2, 0.25) is 0 Å². The van der Waals surface area contributed by atoms with Gasteiger partial charge >= 0.3 is 0 Å². The number of nitrogens with one attached hydrogen (secondary N) is 1. The SMILES string of the molecule is NCCCNCc1cc(F)c(O)c(F)c1. The van der Waals surface area contributed by atoms with Crippen LogP contribution in [0.5, 0.6) is 5.75 Å².